The fourth-order valence-corrected chi connectivity index (χ4v) is 2.20. The number of benzene rings is 1. The Labute approximate surface area is 141 Å². The van der Waals surface area contributed by atoms with Gasteiger partial charge in [0.1, 0.15) is 11.4 Å². The Hall–Kier alpha value is -3.03. The standard InChI is InChI=1S/C17H14F3N3O2/c18-17(19,20)12-6-7-15-22-13(10-23(15)9-12)8-21-16(24)11-25-14-4-2-1-3-5-14/h1-7,9-10H,8,11H2,(H,21,24). The molecule has 0 aliphatic carbocycles. The number of nitrogens with one attached hydrogen (secondary N) is 1. The summed E-state index contributed by atoms with van der Waals surface area (Å²) >= 11 is 0. The molecular weight excluding hydrogens is 335 g/mol. The molecule has 0 bridgehead atoms. The molecule has 0 unspecified atom stereocenters. The van der Waals surface area contributed by atoms with Gasteiger partial charge in [-0.2, -0.15) is 13.2 Å². The number of amides is 1. The van der Waals surface area contributed by atoms with Crippen LogP contribution < -0.4 is 10.1 Å². The molecule has 0 saturated carbocycles. The molecule has 5 nitrogen and oxygen atoms in total. The zero-order valence-corrected chi connectivity index (χ0v) is 13.0. The third-order valence-corrected chi connectivity index (χ3v) is 3.41. The first kappa shape index (κ1) is 16.8. The number of carbonyl (C=O) groups excluding carboxylic acids is 1. The smallest absolute Gasteiger partial charge is 0.417 e. The molecule has 1 N–H and O–H groups in total. The van der Waals surface area contributed by atoms with Crippen molar-refractivity contribution in [3.8, 4) is 5.75 Å². The Morgan fingerprint density at radius 2 is 1.88 bits per heavy atom. The summed E-state index contributed by atoms with van der Waals surface area (Å²) < 4.78 is 44.7. The van der Waals surface area contributed by atoms with Gasteiger partial charge in [-0.3, -0.25) is 4.79 Å². The van der Waals surface area contributed by atoms with Gasteiger partial charge in [-0.05, 0) is 24.3 Å². The number of carbonyl (C=O) groups is 1. The minimum absolute atomic E-state index is 0.0972. The van der Waals surface area contributed by atoms with Crippen molar-refractivity contribution in [2.24, 2.45) is 0 Å². The highest BCUT2D eigenvalue weighted by Crippen LogP contribution is 2.29. The van der Waals surface area contributed by atoms with Crippen LogP contribution in [0.2, 0.25) is 0 Å². The minimum Gasteiger partial charge on any atom is -0.484 e. The Kier molecular flexibility index (Phi) is 4.60. The topological polar surface area (TPSA) is 55.6 Å². The molecule has 1 amide bonds. The van der Waals surface area contributed by atoms with Gasteiger partial charge in [0.15, 0.2) is 6.61 Å². The van der Waals surface area contributed by atoms with Gasteiger partial charge in [-0.25, -0.2) is 4.98 Å². The fraction of sp³-hybridized carbons (Fsp3) is 0.176. The van der Waals surface area contributed by atoms with Crippen LogP contribution in [0.3, 0.4) is 0 Å². The quantitative estimate of drug-likeness (QED) is 0.770. The number of nitrogens with zero attached hydrogens (tertiary/aromatic N) is 2. The van der Waals surface area contributed by atoms with Crippen molar-refractivity contribution in [3.05, 3.63) is 66.1 Å². The zero-order valence-electron chi connectivity index (χ0n) is 13.0. The maximum absolute atomic E-state index is 12.7. The van der Waals surface area contributed by atoms with Gasteiger partial charge in [0, 0.05) is 12.4 Å². The number of alkyl halides is 3. The highest BCUT2D eigenvalue weighted by atomic mass is 19.4. The van der Waals surface area contributed by atoms with E-state index in [0.29, 0.717) is 17.1 Å². The van der Waals surface area contributed by atoms with E-state index in [1.54, 1.807) is 24.3 Å². The van der Waals surface area contributed by atoms with Gasteiger partial charge in [0.05, 0.1) is 17.8 Å². The van der Waals surface area contributed by atoms with Gasteiger partial charge in [0.2, 0.25) is 0 Å². The van der Waals surface area contributed by atoms with Crippen LogP contribution in [-0.4, -0.2) is 21.9 Å². The summed E-state index contributed by atoms with van der Waals surface area (Å²) in [5.41, 5.74) is 0.0643. The maximum Gasteiger partial charge on any atom is 0.417 e. The molecule has 3 rings (SSSR count). The number of ether oxygens (including phenoxy) is 1. The van der Waals surface area contributed by atoms with Gasteiger partial charge < -0.3 is 14.5 Å². The number of hydrogen-bond acceptors (Lipinski definition) is 3. The van der Waals surface area contributed by atoms with Gasteiger partial charge in [-0.1, -0.05) is 18.2 Å². The van der Waals surface area contributed by atoms with Crippen molar-refractivity contribution in [1.29, 1.82) is 0 Å². The Balaban J connectivity index is 1.58. The van der Waals surface area contributed by atoms with Crippen LogP contribution in [-0.2, 0) is 17.5 Å². The number of halogens is 3. The van der Waals surface area contributed by atoms with E-state index in [1.165, 1.54) is 16.7 Å². The van der Waals surface area contributed by atoms with E-state index in [9.17, 15) is 18.0 Å². The molecule has 0 fully saturated rings. The van der Waals surface area contributed by atoms with Crippen LogP contribution in [0.15, 0.2) is 54.9 Å². The lowest BCUT2D eigenvalue weighted by Crippen LogP contribution is -2.28. The summed E-state index contributed by atoms with van der Waals surface area (Å²) in [6.45, 7) is -0.0599. The monoisotopic (exact) mass is 349 g/mol. The molecule has 8 heteroatoms. The van der Waals surface area contributed by atoms with Crippen LogP contribution in [0.4, 0.5) is 13.2 Å². The number of hydrogen-bond donors (Lipinski definition) is 1. The van der Waals surface area contributed by atoms with Crippen molar-refractivity contribution in [2.45, 2.75) is 12.7 Å². The van der Waals surface area contributed by atoms with E-state index in [-0.39, 0.29) is 19.1 Å². The molecule has 0 saturated heterocycles. The molecule has 130 valence electrons. The number of imidazole rings is 1. The van der Waals surface area contributed by atoms with E-state index < -0.39 is 11.7 Å². The van der Waals surface area contributed by atoms with Crippen LogP contribution in [0.5, 0.6) is 5.75 Å². The van der Waals surface area contributed by atoms with Gasteiger partial charge >= 0.3 is 6.18 Å². The average molecular weight is 349 g/mol. The van der Waals surface area contributed by atoms with Gasteiger partial charge in [0.25, 0.3) is 5.91 Å². The second-order valence-corrected chi connectivity index (χ2v) is 5.29. The molecule has 3 aromatic rings. The Morgan fingerprint density at radius 3 is 2.60 bits per heavy atom. The molecule has 0 aliphatic rings. The molecule has 0 atom stereocenters. The summed E-state index contributed by atoms with van der Waals surface area (Å²) in [5.74, 6) is 0.224. The second kappa shape index (κ2) is 6.84. The lowest BCUT2D eigenvalue weighted by molar-refractivity contribution is -0.137. The Morgan fingerprint density at radius 1 is 1.12 bits per heavy atom. The summed E-state index contributed by atoms with van der Waals surface area (Å²) in [6.07, 6.45) is -2.00. The lowest BCUT2D eigenvalue weighted by atomic mass is 10.3. The molecule has 2 heterocycles. The predicted molar refractivity (Wildman–Crippen MR) is 84.0 cm³/mol. The van der Waals surface area contributed by atoms with E-state index in [1.807, 2.05) is 6.07 Å². The SMILES string of the molecule is O=C(COc1ccccc1)NCc1cn2cc(C(F)(F)F)ccc2n1. The van der Waals surface area contributed by atoms with Crippen LogP contribution >= 0.6 is 0 Å². The molecule has 0 aliphatic heterocycles. The molecule has 0 spiro atoms. The second-order valence-electron chi connectivity index (χ2n) is 5.29. The normalized spacial score (nSPS) is 11.5. The largest absolute Gasteiger partial charge is 0.484 e. The van der Waals surface area contributed by atoms with Crippen LogP contribution in [0, 0.1) is 0 Å². The molecular formula is C17H14F3N3O2. The number of aromatic nitrogens is 2. The number of pyridine rings is 1. The third-order valence-electron chi connectivity index (χ3n) is 3.41. The van der Waals surface area contributed by atoms with Crippen molar-refractivity contribution in [3.63, 3.8) is 0 Å². The van der Waals surface area contributed by atoms with Crippen molar-refractivity contribution in [2.75, 3.05) is 6.61 Å². The number of rotatable bonds is 5. The highest BCUT2D eigenvalue weighted by molar-refractivity contribution is 5.77. The third kappa shape index (κ3) is 4.28. The first-order valence-corrected chi connectivity index (χ1v) is 7.41. The lowest BCUT2D eigenvalue weighted by Gasteiger charge is -2.06. The summed E-state index contributed by atoms with van der Waals surface area (Å²) in [7, 11) is 0. The number of para-hydroxylation sites is 1. The summed E-state index contributed by atoms with van der Waals surface area (Å²) in [5, 5.41) is 2.61. The van der Waals surface area contributed by atoms with Gasteiger partial charge in [-0.15, -0.1) is 0 Å². The first-order valence-electron chi connectivity index (χ1n) is 7.41. The fourth-order valence-electron chi connectivity index (χ4n) is 2.20. The summed E-state index contributed by atoms with van der Waals surface area (Å²) in [4.78, 5) is 15.9. The van der Waals surface area contributed by atoms with Crippen molar-refractivity contribution in [1.82, 2.24) is 14.7 Å². The van der Waals surface area contributed by atoms with Crippen molar-refractivity contribution < 1.29 is 22.7 Å². The number of fused-ring (bicyclic) bond motifs is 1. The molecule has 2 aromatic heterocycles. The van der Waals surface area contributed by atoms with Crippen LogP contribution in [0.1, 0.15) is 11.3 Å². The molecule has 1 aromatic carbocycles. The molecule has 25 heavy (non-hydrogen) atoms. The van der Waals surface area contributed by atoms with E-state index >= 15 is 0 Å². The predicted octanol–water partition coefficient (Wildman–Crippen LogP) is 3.05. The van der Waals surface area contributed by atoms with Crippen LogP contribution in [0.25, 0.3) is 5.65 Å². The van der Waals surface area contributed by atoms with E-state index in [4.69, 9.17) is 4.74 Å². The Bertz CT molecular complexity index is 876. The highest BCUT2D eigenvalue weighted by Gasteiger charge is 2.30. The minimum atomic E-state index is -4.42. The van der Waals surface area contributed by atoms with E-state index in [0.717, 1.165) is 12.3 Å². The summed E-state index contributed by atoms with van der Waals surface area (Å²) in [6, 6.07) is 11.1. The zero-order chi connectivity index (χ0) is 17.9. The van der Waals surface area contributed by atoms with Crippen molar-refractivity contribution >= 4 is 11.6 Å². The molecule has 0 radical (unpaired) electrons. The maximum atomic E-state index is 12.7. The first-order chi connectivity index (χ1) is 11.9. The average Bonchev–Trinajstić information content (AvgIpc) is 3.00. The van der Waals surface area contributed by atoms with E-state index in [2.05, 4.69) is 10.3 Å².